The van der Waals surface area contributed by atoms with Crippen molar-refractivity contribution in [2.75, 3.05) is 59.0 Å². The lowest BCUT2D eigenvalue weighted by Crippen LogP contribution is -2.35. The van der Waals surface area contributed by atoms with Gasteiger partial charge in [0.2, 0.25) is 0 Å². The average molecular weight is 399 g/mol. The van der Waals surface area contributed by atoms with Crippen molar-refractivity contribution in [3.8, 4) is 5.75 Å². The molecule has 1 saturated heterocycles. The Morgan fingerprint density at radius 1 is 1.17 bits per heavy atom. The largest absolute Gasteiger partial charge is 0.494 e. The van der Waals surface area contributed by atoms with Gasteiger partial charge in [-0.1, -0.05) is 0 Å². The summed E-state index contributed by atoms with van der Waals surface area (Å²) >= 11 is 0. The summed E-state index contributed by atoms with van der Waals surface area (Å²) in [5, 5.41) is 10.1. The molecule has 29 heavy (non-hydrogen) atoms. The smallest absolute Gasteiger partial charge is 0.252 e. The second kappa shape index (κ2) is 11.5. The summed E-state index contributed by atoms with van der Waals surface area (Å²) < 4.78 is 5.93. The summed E-state index contributed by atoms with van der Waals surface area (Å²) in [5.41, 5.74) is 1.20. The van der Waals surface area contributed by atoms with Crippen LogP contribution in [0.1, 0.15) is 16.8 Å². The Bertz CT molecular complexity index is 804. The van der Waals surface area contributed by atoms with E-state index in [9.17, 15) is 9.59 Å². The van der Waals surface area contributed by atoms with Crippen molar-refractivity contribution in [3.05, 3.63) is 36.0 Å². The third-order valence-electron chi connectivity index (χ3n) is 4.88. The van der Waals surface area contributed by atoms with Gasteiger partial charge in [-0.15, -0.1) is 0 Å². The summed E-state index contributed by atoms with van der Waals surface area (Å²) in [6, 6.07) is 7.21. The molecule has 2 aromatic rings. The van der Waals surface area contributed by atoms with E-state index in [1.54, 1.807) is 12.3 Å². The Labute approximate surface area is 171 Å². The van der Waals surface area contributed by atoms with Crippen molar-refractivity contribution in [3.63, 3.8) is 0 Å². The summed E-state index contributed by atoms with van der Waals surface area (Å²) in [7, 11) is 0. The number of carbonyl (C=O) groups is 2. The van der Waals surface area contributed by atoms with E-state index in [1.165, 1.54) is 0 Å². The number of aldehydes is 1. The minimum Gasteiger partial charge on any atom is -0.494 e. The van der Waals surface area contributed by atoms with Gasteiger partial charge >= 0.3 is 0 Å². The predicted molar refractivity (Wildman–Crippen MR) is 112 cm³/mol. The molecule has 1 aromatic heterocycles. The lowest BCUT2D eigenvalue weighted by Gasteiger charge is -2.21. The lowest BCUT2D eigenvalue weighted by molar-refractivity contribution is -0.107. The third-order valence-corrected chi connectivity index (χ3v) is 4.88. The Hall–Kier alpha value is -2.55. The lowest BCUT2D eigenvalue weighted by atomic mass is 10.1. The van der Waals surface area contributed by atoms with Gasteiger partial charge in [-0.2, -0.15) is 0 Å². The Morgan fingerprint density at radius 2 is 1.97 bits per heavy atom. The highest BCUT2D eigenvalue weighted by Gasteiger charge is 2.11. The van der Waals surface area contributed by atoms with Gasteiger partial charge in [0, 0.05) is 57.4 Å². The monoisotopic (exact) mass is 399 g/mol. The van der Waals surface area contributed by atoms with Crippen LogP contribution in [-0.4, -0.2) is 81.0 Å². The van der Waals surface area contributed by atoms with Gasteiger partial charge in [0.05, 0.1) is 24.2 Å². The molecule has 8 nitrogen and oxygen atoms in total. The molecule has 0 aliphatic carbocycles. The molecule has 0 spiro atoms. The van der Waals surface area contributed by atoms with Gasteiger partial charge in [-0.3, -0.25) is 9.78 Å². The maximum absolute atomic E-state index is 12.3. The molecule has 3 rings (SSSR count). The van der Waals surface area contributed by atoms with Gasteiger partial charge in [-0.25, -0.2) is 0 Å². The second-order valence-electron chi connectivity index (χ2n) is 6.96. The normalized spacial score (nSPS) is 15.9. The van der Waals surface area contributed by atoms with Crippen LogP contribution in [-0.2, 0) is 4.79 Å². The molecule has 8 heteroatoms. The molecule has 0 saturated carbocycles. The number of carbonyl (C=O) groups excluding carboxylic acids is 2. The van der Waals surface area contributed by atoms with Crippen LogP contribution in [0.3, 0.4) is 0 Å². The number of benzene rings is 1. The van der Waals surface area contributed by atoms with Gasteiger partial charge in [0.15, 0.2) is 0 Å². The number of aromatic nitrogens is 1. The number of pyridine rings is 1. The Morgan fingerprint density at radius 3 is 2.72 bits per heavy atom. The van der Waals surface area contributed by atoms with Gasteiger partial charge in [0.1, 0.15) is 12.0 Å². The summed E-state index contributed by atoms with van der Waals surface area (Å²) in [4.78, 5) is 29.5. The quantitative estimate of drug-likeness (QED) is 0.438. The second-order valence-corrected chi connectivity index (χ2v) is 6.96. The summed E-state index contributed by atoms with van der Waals surface area (Å²) in [6.45, 7) is 7.72. The first kappa shape index (κ1) is 21.2. The van der Waals surface area contributed by atoms with Gasteiger partial charge < -0.3 is 30.4 Å². The molecule has 2 heterocycles. The van der Waals surface area contributed by atoms with Crippen molar-refractivity contribution in [1.29, 1.82) is 0 Å². The maximum atomic E-state index is 12.3. The number of hydrogen-bond acceptors (Lipinski definition) is 7. The summed E-state index contributed by atoms with van der Waals surface area (Å²) in [5.74, 6) is 0.416. The molecule has 1 aliphatic heterocycles. The van der Waals surface area contributed by atoms with Crippen LogP contribution >= 0.6 is 0 Å². The average Bonchev–Trinajstić information content (AvgIpc) is 2.88. The van der Waals surface area contributed by atoms with Crippen LogP contribution < -0.4 is 20.7 Å². The van der Waals surface area contributed by atoms with Crippen LogP contribution in [0.5, 0.6) is 5.75 Å². The SMILES string of the molecule is O=CCNC(=O)c1ccnc2ccc(OCCCN3CCNCCNCC3)cc12. The van der Waals surface area contributed by atoms with Crippen molar-refractivity contribution < 1.29 is 14.3 Å². The molecular weight excluding hydrogens is 370 g/mol. The number of nitrogens with one attached hydrogen (secondary N) is 3. The van der Waals surface area contributed by atoms with Crippen molar-refractivity contribution in [2.24, 2.45) is 0 Å². The fraction of sp³-hybridized carbons (Fsp3) is 0.476. The minimum absolute atomic E-state index is 0.0135. The zero-order valence-electron chi connectivity index (χ0n) is 16.7. The number of ether oxygens (including phenoxy) is 1. The molecule has 0 radical (unpaired) electrons. The molecule has 1 fully saturated rings. The van der Waals surface area contributed by atoms with Crippen LogP contribution in [0.15, 0.2) is 30.5 Å². The van der Waals surface area contributed by atoms with E-state index >= 15 is 0 Å². The van der Waals surface area contributed by atoms with Crippen LogP contribution in [0.25, 0.3) is 10.9 Å². The van der Waals surface area contributed by atoms with Crippen LogP contribution in [0, 0.1) is 0 Å². The minimum atomic E-state index is -0.295. The van der Waals surface area contributed by atoms with E-state index < -0.39 is 0 Å². The van der Waals surface area contributed by atoms with Crippen molar-refractivity contribution in [1.82, 2.24) is 25.8 Å². The highest BCUT2D eigenvalue weighted by molar-refractivity contribution is 6.06. The zero-order valence-corrected chi connectivity index (χ0v) is 16.7. The molecule has 1 amide bonds. The van der Waals surface area contributed by atoms with Crippen molar-refractivity contribution in [2.45, 2.75) is 6.42 Å². The zero-order chi connectivity index (χ0) is 20.3. The van der Waals surface area contributed by atoms with Crippen molar-refractivity contribution >= 4 is 23.1 Å². The molecule has 156 valence electrons. The fourth-order valence-electron chi connectivity index (χ4n) is 3.36. The van der Waals surface area contributed by atoms with Gasteiger partial charge in [-0.05, 0) is 30.7 Å². The van der Waals surface area contributed by atoms with Crippen LogP contribution in [0.2, 0.25) is 0 Å². The Kier molecular flexibility index (Phi) is 8.36. The topological polar surface area (TPSA) is 95.6 Å². The first-order valence-electron chi connectivity index (χ1n) is 10.1. The number of nitrogens with zero attached hydrogens (tertiary/aromatic N) is 2. The number of rotatable bonds is 8. The number of hydrogen-bond donors (Lipinski definition) is 3. The molecule has 0 unspecified atom stereocenters. The highest BCUT2D eigenvalue weighted by atomic mass is 16.5. The van der Waals surface area contributed by atoms with E-state index in [4.69, 9.17) is 4.74 Å². The number of fused-ring (bicyclic) bond motifs is 1. The van der Waals surface area contributed by atoms with E-state index in [0.717, 1.165) is 52.2 Å². The Balaban J connectivity index is 1.55. The summed E-state index contributed by atoms with van der Waals surface area (Å²) in [6.07, 6.45) is 3.18. The third kappa shape index (κ3) is 6.49. The molecule has 1 aromatic carbocycles. The first-order chi connectivity index (χ1) is 14.3. The van der Waals surface area contributed by atoms with E-state index in [-0.39, 0.29) is 12.5 Å². The van der Waals surface area contributed by atoms with E-state index in [2.05, 4.69) is 25.8 Å². The van der Waals surface area contributed by atoms with Crippen LogP contribution in [0.4, 0.5) is 0 Å². The highest BCUT2D eigenvalue weighted by Crippen LogP contribution is 2.23. The molecule has 1 aliphatic rings. The predicted octanol–water partition coefficient (Wildman–Crippen LogP) is 0.427. The molecule has 0 atom stereocenters. The number of amides is 1. The fourth-order valence-corrected chi connectivity index (χ4v) is 3.36. The molecular formula is C21H29N5O3. The maximum Gasteiger partial charge on any atom is 0.252 e. The molecule has 0 bridgehead atoms. The first-order valence-corrected chi connectivity index (χ1v) is 10.1. The molecule has 3 N–H and O–H groups in total. The standard InChI is InChI=1S/C21H29N5O3/c27-14-10-25-21(28)18-4-5-24-20-3-2-17(16-19(18)20)29-15-1-11-26-12-8-22-6-7-23-9-13-26/h2-5,14,16,22-23H,1,6-13,15H2,(H,25,28). The van der Waals surface area contributed by atoms with Gasteiger partial charge in [0.25, 0.3) is 5.91 Å². The van der Waals surface area contributed by atoms with E-state index in [1.807, 2.05) is 18.2 Å². The van der Waals surface area contributed by atoms with E-state index in [0.29, 0.717) is 35.1 Å².